The summed E-state index contributed by atoms with van der Waals surface area (Å²) in [4.78, 5) is 57.4. The molecule has 0 aliphatic heterocycles. The highest BCUT2D eigenvalue weighted by Crippen LogP contribution is 2.00. The monoisotopic (exact) mass is 393 g/mol. The van der Waals surface area contributed by atoms with Crippen LogP contribution in [0.25, 0.3) is 0 Å². The summed E-state index contributed by atoms with van der Waals surface area (Å²) in [6.45, 7) is -1.24. The lowest BCUT2D eigenvalue weighted by Crippen LogP contribution is -2.57. The van der Waals surface area contributed by atoms with E-state index in [-0.39, 0.29) is 18.6 Å². The molecule has 0 bridgehead atoms. The highest BCUT2D eigenvalue weighted by molar-refractivity contribution is 7.80. The Morgan fingerprint density at radius 2 is 1.50 bits per heavy atom. The smallest absolute Gasteiger partial charge is 0.328 e. The third kappa shape index (κ3) is 8.64. The fraction of sp³-hybridized carbons (Fsp3) is 0.615. The number of thiol groups is 1. The van der Waals surface area contributed by atoms with Gasteiger partial charge in [0.1, 0.15) is 18.1 Å². The van der Waals surface area contributed by atoms with Crippen molar-refractivity contribution in [1.82, 2.24) is 16.0 Å². The van der Waals surface area contributed by atoms with Crippen LogP contribution in [0.2, 0.25) is 0 Å². The van der Waals surface area contributed by atoms with Crippen molar-refractivity contribution in [1.29, 1.82) is 0 Å². The molecule has 0 saturated carbocycles. The summed E-state index contributed by atoms with van der Waals surface area (Å²) in [5.74, 6) is -4.71. The molecule has 9 N–H and O–H groups in total. The molecule has 3 unspecified atom stereocenters. The summed E-state index contributed by atoms with van der Waals surface area (Å²) in [5, 5.41) is 24.3. The van der Waals surface area contributed by atoms with E-state index in [0.29, 0.717) is 0 Å². The van der Waals surface area contributed by atoms with Crippen LogP contribution >= 0.6 is 12.6 Å². The molecule has 0 spiro atoms. The van der Waals surface area contributed by atoms with Gasteiger partial charge in [-0.1, -0.05) is 0 Å². The van der Waals surface area contributed by atoms with Gasteiger partial charge in [-0.15, -0.1) is 0 Å². The molecule has 0 aromatic rings. The molecule has 0 aliphatic carbocycles. The summed E-state index contributed by atoms with van der Waals surface area (Å²) in [5.41, 5.74) is 10.2. The van der Waals surface area contributed by atoms with Gasteiger partial charge < -0.3 is 37.6 Å². The number of carboxylic acid groups (broad SMARTS) is 1. The average molecular weight is 393 g/mol. The van der Waals surface area contributed by atoms with Crippen LogP contribution in [0.1, 0.15) is 12.8 Å². The molecule has 0 heterocycles. The van der Waals surface area contributed by atoms with E-state index in [9.17, 15) is 24.0 Å². The molecular formula is C13H23N5O7S. The third-order valence-corrected chi connectivity index (χ3v) is 3.49. The van der Waals surface area contributed by atoms with Crippen molar-refractivity contribution in [3.8, 4) is 0 Å². The molecule has 26 heavy (non-hydrogen) atoms. The molecule has 0 rings (SSSR count). The highest BCUT2D eigenvalue weighted by Gasteiger charge is 2.28. The minimum absolute atomic E-state index is 0.123. The Labute approximate surface area is 154 Å². The zero-order chi connectivity index (χ0) is 20.3. The number of carbonyl (C=O) groups excluding carboxylic acids is 4. The number of amides is 4. The van der Waals surface area contributed by atoms with Crippen molar-refractivity contribution < 1.29 is 34.2 Å². The number of aliphatic hydroxyl groups excluding tert-OH is 1. The van der Waals surface area contributed by atoms with Crippen LogP contribution in [0.4, 0.5) is 0 Å². The van der Waals surface area contributed by atoms with E-state index in [4.69, 9.17) is 21.7 Å². The molecule has 148 valence electrons. The molecule has 3 atom stereocenters. The first-order chi connectivity index (χ1) is 12.2. The van der Waals surface area contributed by atoms with Crippen LogP contribution in [0.15, 0.2) is 0 Å². The molecule has 4 amide bonds. The van der Waals surface area contributed by atoms with Gasteiger partial charge in [0.15, 0.2) is 0 Å². The maximum absolute atomic E-state index is 12.3. The van der Waals surface area contributed by atoms with E-state index >= 15 is 0 Å². The molecule has 13 heteroatoms. The van der Waals surface area contributed by atoms with Gasteiger partial charge in [0.25, 0.3) is 0 Å². The Kier molecular flexibility index (Phi) is 10.9. The van der Waals surface area contributed by atoms with E-state index < -0.39 is 60.9 Å². The standard InChI is InChI=1S/C13H23N5O7S/c14-3-10(21)16-6(1-2-9(15)20)11(22)18-8(5-26)12(23)17-7(4-19)13(24)25/h6-8,19,26H,1-5,14H2,(H2,15,20)(H,16,21)(H,17,23)(H,18,22)(H,24,25). The first kappa shape index (κ1) is 23.6. The SMILES string of the molecule is NCC(=O)NC(CCC(N)=O)C(=O)NC(CS)C(=O)NC(CO)C(=O)O. The Bertz CT molecular complexity index is 545. The van der Waals surface area contributed by atoms with Crippen molar-refractivity contribution in [2.75, 3.05) is 18.9 Å². The molecule has 0 fully saturated rings. The lowest BCUT2D eigenvalue weighted by atomic mass is 10.1. The highest BCUT2D eigenvalue weighted by atomic mass is 32.1. The zero-order valence-corrected chi connectivity index (χ0v) is 14.7. The van der Waals surface area contributed by atoms with Gasteiger partial charge >= 0.3 is 5.97 Å². The topological polar surface area (TPSA) is 214 Å². The number of aliphatic hydroxyl groups is 1. The number of nitrogens with one attached hydrogen (secondary N) is 3. The molecule has 0 radical (unpaired) electrons. The van der Waals surface area contributed by atoms with Crippen LogP contribution in [0.3, 0.4) is 0 Å². The van der Waals surface area contributed by atoms with Gasteiger partial charge in [-0.25, -0.2) is 4.79 Å². The summed E-state index contributed by atoms with van der Waals surface area (Å²) in [6, 6.07) is -3.98. The van der Waals surface area contributed by atoms with Crippen molar-refractivity contribution in [2.24, 2.45) is 11.5 Å². The predicted octanol–water partition coefficient (Wildman–Crippen LogP) is -4.33. The number of primary amides is 1. The largest absolute Gasteiger partial charge is 0.480 e. The average Bonchev–Trinajstić information content (AvgIpc) is 2.59. The van der Waals surface area contributed by atoms with Crippen molar-refractivity contribution in [3.63, 3.8) is 0 Å². The summed E-state index contributed by atoms with van der Waals surface area (Å²) < 4.78 is 0. The van der Waals surface area contributed by atoms with Gasteiger partial charge in [-0.3, -0.25) is 19.2 Å². The number of nitrogens with two attached hydrogens (primary N) is 2. The Morgan fingerprint density at radius 3 is 1.92 bits per heavy atom. The lowest BCUT2D eigenvalue weighted by molar-refractivity contribution is -0.143. The number of hydrogen-bond donors (Lipinski definition) is 8. The van der Waals surface area contributed by atoms with E-state index in [0.717, 1.165) is 0 Å². The van der Waals surface area contributed by atoms with Crippen LogP contribution in [-0.4, -0.2) is 76.8 Å². The number of carbonyl (C=O) groups is 5. The van der Waals surface area contributed by atoms with Crippen LogP contribution in [0.5, 0.6) is 0 Å². The van der Waals surface area contributed by atoms with Crippen molar-refractivity contribution in [3.05, 3.63) is 0 Å². The van der Waals surface area contributed by atoms with Gasteiger partial charge in [0.05, 0.1) is 13.2 Å². The van der Waals surface area contributed by atoms with Crippen LogP contribution < -0.4 is 27.4 Å². The van der Waals surface area contributed by atoms with Gasteiger partial charge in [-0.2, -0.15) is 12.6 Å². The molecular weight excluding hydrogens is 370 g/mol. The Balaban J connectivity index is 5.01. The minimum atomic E-state index is -1.55. The summed E-state index contributed by atoms with van der Waals surface area (Å²) in [6.07, 6.45) is -0.325. The second kappa shape index (κ2) is 12.1. The second-order valence-electron chi connectivity index (χ2n) is 5.15. The molecule has 0 aromatic carbocycles. The van der Waals surface area contributed by atoms with E-state index in [1.807, 2.05) is 5.32 Å². The quantitative estimate of drug-likeness (QED) is 0.151. The van der Waals surface area contributed by atoms with E-state index in [2.05, 4.69) is 23.3 Å². The second-order valence-corrected chi connectivity index (χ2v) is 5.52. The maximum Gasteiger partial charge on any atom is 0.328 e. The first-order valence-corrected chi connectivity index (χ1v) is 8.12. The third-order valence-electron chi connectivity index (χ3n) is 3.13. The van der Waals surface area contributed by atoms with Gasteiger partial charge in [-0.05, 0) is 6.42 Å². The lowest BCUT2D eigenvalue weighted by Gasteiger charge is -2.23. The Morgan fingerprint density at radius 1 is 0.962 bits per heavy atom. The molecule has 0 aromatic heterocycles. The number of rotatable bonds is 12. The van der Waals surface area contributed by atoms with Crippen molar-refractivity contribution >= 4 is 42.2 Å². The fourth-order valence-corrected chi connectivity index (χ4v) is 1.99. The predicted molar refractivity (Wildman–Crippen MR) is 91.8 cm³/mol. The number of hydrogen-bond acceptors (Lipinski definition) is 8. The first-order valence-electron chi connectivity index (χ1n) is 7.49. The zero-order valence-electron chi connectivity index (χ0n) is 13.8. The minimum Gasteiger partial charge on any atom is -0.480 e. The summed E-state index contributed by atoms with van der Waals surface area (Å²) >= 11 is 3.91. The van der Waals surface area contributed by atoms with Gasteiger partial charge in [0, 0.05) is 12.2 Å². The number of carboxylic acids is 1. The van der Waals surface area contributed by atoms with Crippen LogP contribution in [0, 0.1) is 0 Å². The van der Waals surface area contributed by atoms with E-state index in [1.165, 1.54) is 0 Å². The maximum atomic E-state index is 12.3. The normalized spacial score (nSPS) is 13.8. The fourth-order valence-electron chi connectivity index (χ4n) is 1.73. The molecule has 0 aliphatic rings. The van der Waals surface area contributed by atoms with Crippen LogP contribution in [-0.2, 0) is 24.0 Å². The molecule has 12 nitrogen and oxygen atoms in total. The van der Waals surface area contributed by atoms with E-state index in [1.54, 1.807) is 0 Å². The number of aliphatic carboxylic acids is 1. The summed E-state index contributed by atoms with van der Waals surface area (Å²) in [7, 11) is 0. The van der Waals surface area contributed by atoms with Crippen molar-refractivity contribution in [2.45, 2.75) is 31.0 Å². The van der Waals surface area contributed by atoms with Gasteiger partial charge in [0.2, 0.25) is 23.6 Å². The Hall–Kier alpha value is -2.38. The molecule has 0 saturated heterocycles.